The zero-order valence-corrected chi connectivity index (χ0v) is 10.1. The van der Waals surface area contributed by atoms with Crippen molar-refractivity contribution in [2.24, 2.45) is 0 Å². The zero-order chi connectivity index (χ0) is 14.1. The van der Waals surface area contributed by atoms with Crippen molar-refractivity contribution in [3.63, 3.8) is 0 Å². The molecule has 0 amide bonds. The van der Waals surface area contributed by atoms with Gasteiger partial charge in [-0.25, -0.2) is 0 Å². The Morgan fingerprint density at radius 2 is 1.06 bits per heavy atom. The van der Waals surface area contributed by atoms with E-state index in [1.54, 1.807) is 0 Å². The van der Waals surface area contributed by atoms with Gasteiger partial charge >= 0.3 is 5.97 Å². The maximum Gasteiger partial charge on any atom is 0.333 e. The molecule has 0 aromatic rings. The molecule has 0 spiro atoms. The molecule has 0 saturated carbocycles. The van der Waals surface area contributed by atoms with Gasteiger partial charge in [-0.3, -0.25) is 0 Å². The average molecular weight is 271 g/mol. The maximum absolute atomic E-state index is 9.04. The summed E-state index contributed by atoms with van der Waals surface area (Å²) in [6, 6.07) is 0. The molecule has 0 unspecified atom stereocenters. The lowest BCUT2D eigenvalue weighted by atomic mass is 10.5. The van der Waals surface area contributed by atoms with Gasteiger partial charge in [0.25, 0.3) is 0 Å². The number of aliphatic hydroxyl groups excluding tert-OH is 3. The molecule has 0 rings (SSSR count). The van der Waals surface area contributed by atoms with Crippen LogP contribution in [0.5, 0.6) is 0 Å². The van der Waals surface area contributed by atoms with E-state index in [0.717, 1.165) is 0 Å². The normalized spacial score (nSPS) is 13.0. The minimum atomic E-state index is -2.98. The molecule has 0 aliphatic heterocycles. The fourth-order valence-electron chi connectivity index (χ4n) is 1.38. The summed E-state index contributed by atoms with van der Waals surface area (Å²) in [7, 11) is 0. The Kier molecular flexibility index (Phi) is 8.47. The topological polar surface area (TPSA) is 157 Å². The van der Waals surface area contributed by atoms with Crippen molar-refractivity contribution < 1.29 is 35.4 Å². The van der Waals surface area contributed by atoms with Crippen molar-refractivity contribution in [2.75, 3.05) is 46.0 Å². The Labute approximate surface area is 105 Å². The minimum Gasteiger partial charge on any atom is -0.395 e. The lowest BCUT2D eigenvalue weighted by Crippen LogP contribution is -2.77. The average Bonchev–Trinajstić information content (AvgIpc) is 2.29. The zero-order valence-electron chi connectivity index (χ0n) is 10.1. The smallest absolute Gasteiger partial charge is 0.333 e. The van der Waals surface area contributed by atoms with Gasteiger partial charge in [0, 0.05) is 0 Å². The first-order chi connectivity index (χ1) is 8.39. The van der Waals surface area contributed by atoms with E-state index in [4.69, 9.17) is 30.6 Å². The SMILES string of the molecule is OCCN[N+](CC(O)(O)O)(NCCO)NCCO. The summed E-state index contributed by atoms with van der Waals surface area (Å²) in [6.45, 7) is -1.09. The molecule has 0 saturated heterocycles. The highest BCUT2D eigenvalue weighted by Gasteiger charge is 2.38. The van der Waals surface area contributed by atoms with Crippen molar-refractivity contribution in [3.05, 3.63) is 0 Å². The van der Waals surface area contributed by atoms with Crippen LogP contribution in [-0.2, 0) is 0 Å². The highest BCUT2D eigenvalue weighted by atomic mass is 16.7. The maximum atomic E-state index is 9.04. The number of hydrogen-bond donors (Lipinski definition) is 9. The Morgan fingerprint density at radius 3 is 1.28 bits per heavy atom. The van der Waals surface area contributed by atoms with Crippen molar-refractivity contribution in [2.45, 2.75) is 5.97 Å². The van der Waals surface area contributed by atoms with Crippen LogP contribution in [-0.4, -0.2) is 87.4 Å². The second kappa shape index (κ2) is 8.66. The monoisotopic (exact) mass is 271 g/mol. The first-order valence-corrected chi connectivity index (χ1v) is 5.52. The molecule has 0 bridgehead atoms. The van der Waals surface area contributed by atoms with Crippen LogP contribution in [0.1, 0.15) is 0 Å². The Bertz CT molecular complexity index is 190. The molecule has 0 radical (unpaired) electrons. The molecule has 18 heavy (non-hydrogen) atoms. The van der Waals surface area contributed by atoms with E-state index in [1.165, 1.54) is 0 Å². The van der Waals surface area contributed by atoms with E-state index in [9.17, 15) is 0 Å². The Balaban J connectivity index is 4.73. The lowest BCUT2D eigenvalue weighted by Gasteiger charge is -2.38. The summed E-state index contributed by atoms with van der Waals surface area (Å²) < 4.78 is 0. The molecule has 0 aliphatic carbocycles. The molecule has 0 heterocycles. The quantitative estimate of drug-likeness (QED) is 0.102. The Morgan fingerprint density at radius 1 is 0.722 bits per heavy atom. The van der Waals surface area contributed by atoms with Gasteiger partial charge in [-0.05, 0) is 0 Å². The first kappa shape index (κ1) is 17.6. The molecule has 9 N–H and O–H groups in total. The van der Waals surface area contributed by atoms with Gasteiger partial charge in [0.1, 0.15) is 0 Å². The molecule has 10 heteroatoms. The van der Waals surface area contributed by atoms with Gasteiger partial charge in [0.2, 0.25) is 6.54 Å². The van der Waals surface area contributed by atoms with Crippen LogP contribution in [0.4, 0.5) is 0 Å². The van der Waals surface area contributed by atoms with E-state index < -0.39 is 17.3 Å². The number of nitrogens with one attached hydrogen (secondary N) is 3. The second-order valence-corrected chi connectivity index (χ2v) is 3.64. The van der Waals surface area contributed by atoms with Crippen molar-refractivity contribution >= 4 is 0 Å². The van der Waals surface area contributed by atoms with Crippen LogP contribution >= 0.6 is 0 Å². The number of aliphatic hydroxyl groups is 6. The van der Waals surface area contributed by atoms with Crippen LogP contribution in [0.3, 0.4) is 0 Å². The molecule has 0 aromatic carbocycles. The summed E-state index contributed by atoms with van der Waals surface area (Å²) in [5, 5.41) is 53.4. The largest absolute Gasteiger partial charge is 0.395 e. The van der Waals surface area contributed by atoms with E-state index >= 15 is 0 Å². The number of nitrogens with zero attached hydrogens (tertiary/aromatic N) is 1. The third kappa shape index (κ3) is 7.84. The molecule has 0 aliphatic rings. The van der Waals surface area contributed by atoms with Crippen LogP contribution in [0.25, 0.3) is 0 Å². The van der Waals surface area contributed by atoms with Gasteiger partial charge < -0.3 is 30.6 Å². The summed E-state index contributed by atoms with van der Waals surface area (Å²) in [6.07, 6.45) is 0. The van der Waals surface area contributed by atoms with E-state index in [1.807, 2.05) is 0 Å². The minimum absolute atomic E-state index is 0.0763. The number of quaternary nitrogens is 1. The summed E-state index contributed by atoms with van der Waals surface area (Å²) in [4.78, 5) is -0.606. The molecule has 0 fully saturated rings. The van der Waals surface area contributed by atoms with Crippen LogP contribution in [0.2, 0.25) is 0 Å². The highest BCUT2D eigenvalue weighted by Crippen LogP contribution is 2.01. The van der Waals surface area contributed by atoms with Crippen molar-refractivity contribution in [1.82, 2.24) is 16.3 Å². The van der Waals surface area contributed by atoms with E-state index in [-0.39, 0.29) is 39.5 Å². The van der Waals surface area contributed by atoms with Gasteiger partial charge in [0.15, 0.2) is 0 Å². The van der Waals surface area contributed by atoms with Gasteiger partial charge in [-0.1, -0.05) is 4.81 Å². The lowest BCUT2D eigenvalue weighted by molar-refractivity contribution is -1.06. The fourth-order valence-corrected chi connectivity index (χ4v) is 1.38. The third-order valence-electron chi connectivity index (χ3n) is 1.93. The number of rotatable bonds is 11. The molecular formula is C8H23N4O6+. The molecular weight excluding hydrogens is 248 g/mol. The van der Waals surface area contributed by atoms with Crippen LogP contribution in [0.15, 0.2) is 0 Å². The molecule has 110 valence electrons. The third-order valence-corrected chi connectivity index (χ3v) is 1.93. The summed E-state index contributed by atoms with van der Waals surface area (Å²) >= 11 is 0. The highest BCUT2D eigenvalue weighted by molar-refractivity contribution is 4.45. The predicted molar refractivity (Wildman–Crippen MR) is 59.8 cm³/mol. The van der Waals surface area contributed by atoms with Gasteiger partial charge in [0.05, 0.1) is 39.5 Å². The van der Waals surface area contributed by atoms with Gasteiger partial charge in [-0.2, -0.15) is 0 Å². The predicted octanol–water partition coefficient (Wildman–Crippen LogP) is -5.08. The van der Waals surface area contributed by atoms with Crippen LogP contribution in [0, 0.1) is 0 Å². The van der Waals surface area contributed by atoms with Crippen molar-refractivity contribution in [3.8, 4) is 0 Å². The second-order valence-electron chi connectivity index (χ2n) is 3.64. The first-order valence-electron chi connectivity index (χ1n) is 5.52. The van der Waals surface area contributed by atoms with E-state index in [2.05, 4.69) is 16.3 Å². The summed E-state index contributed by atoms with van der Waals surface area (Å²) in [5.41, 5.74) is 8.02. The Hall–Kier alpha value is -0.400. The van der Waals surface area contributed by atoms with Crippen LogP contribution < -0.4 is 16.3 Å². The molecule has 0 atom stereocenters. The summed E-state index contributed by atoms with van der Waals surface area (Å²) in [5.74, 6) is -2.98. The van der Waals surface area contributed by atoms with Gasteiger partial charge in [-0.15, -0.1) is 16.3 Å². The van der Waals surface area contributed by atoms with Crippen molar-refractivity contribution in [1.29, 1.82) is 0 Å². The number of hydrogen-bond acceptors (Lipinski definition) is 9. The molecule has 10 nitrogen and oxygen atoms in total. The fraction of sp³-hybridized carbons (Fsp3) is 1.00. The standard InChI is InChI=1S/C8H23N4O6/c13-4-1-9-12(10-2-5-14,11-3-6-15)7-8(16,17)18/h9-11,13-18H,1-7H2/q+1. The van der Waals surface area contributed by atoms with E-state index in [0.29, 0.717) is 0 Å². The molecule has 0 aromatic heterocycles.